The topological polar surface area (TPSA) is 66.8 Å². The molecule has 0 amide bonds. The molecule has 0 saturated heterocycles. The van der Waals surface area contributed by atoms with Crippen molar-refractivity contribution in [1.82, 2.24) is 0 Å². The van der Waals surface area contributed by atoms with Crippen LogP contribution in [0.15, 0.2) is 0 Å². The Labute approximate surface area is 72.2 Å². The summed E-state index contributed by atoms with van der Waals surface area (Å²) < 4.78 is 4.81. The molecule has 4 heteroatoms. The van der Waals surface area contributed by atoms with E-state index in [0.29, 0.717) is 0 Å². The van der Waals surface area contributed by atoms with Crippen LogP contribution >= 0.6 is 0 Å². The van der Waals surface area contributed by atoms with E-state index < -0.39 is 6.10 Å². The van der Waals surface area contributed by atoms with Gasteiger partial charge in [0.15, 0.2) is 0 Å². The van der Waals surface area contributed by atoms with E-state index in [1.807, 2.05) is 0 Å². The van der Waals surface area contributed by atoms with Crippen molar-refractivity contribution < 1.29 is 19.7 Å². The van der Waals surface area contributed by atoms with Crippen LogP contribution in [0.2, 0.25) is 0 Å². The van der Waals surface area contributed by atoms with Crippen molar-refractivity contribution >= 4 is 5.97 Å². The Morgan fingerprint density at radius 1 is 1.50 bits per heavy atom. The predicted molar refractivity (Wildman–Crippen MR) is 43.6 cm³/mol. The quantitative estimate of drug-likeness (QED) is 0.582. The molecule has 4 nitrogen and oxygen atoms in total. The lowest BCUT2D eigenvalue weighted by Gasteiger charge is -2.09. The molecule has 0 bridgehead atoms. The lowest BCUT2D eigenvalue weighted by Crippen LogP contribution is -2.17. The number of carbonyl (C=O) groups excluding carboxylic acids is 1. The van der Waals surface area contributed by atoms with E-state index in [-0.39, 0.29) is 31.5 Å². The van der Waals surface area contributed by atoms with Crippen LogP contribution in [0.5, 0.6) is 0 Å². The summed E-state index contributed by atoms with van der Waals surface area (Å²) in [5, 5.41) is 17.3. The molecule has 0 aliphatic carbocycles. The Hall–Kier alpha value is -0.610. The molecule has 12 heavy (non-hydrogen) atoms. The Morgan fingerprint density at radius 2 is 2.08 bits per heavy atom. The first kappa shape index (κ1) is 11.4. The monoisotopic (exact) mass is 176 g/mol. The minimum atomic E-state index is -0.815. The van der Waals surface area contributed by atoms with Crippen LogP contribution in [0.1, 0.15) is 26.7 Å². The lowest BCUT2D eigenvalue weighted by molar-refractivity contribution is -0.148. The molecule has 0 radical (unpaired) electrons. The van der Waals surface area contributed by atoms with Crippen molar-refractivity contribution in [2.75, 3.05) is 6.61 Å². The van der Waals surface area contributed by atoms with Crippen LogP contribution in [-0.2, 0) is 9.53 Å². The summed E-state index contributed by atoms with van der Waals surface area (Å²) in [4.78, 5) is 10.9. The first-order chi connectivity index (χ1) is 5.56. The number of ether oxygens (including phenoxy) is 1. The second kappa shape index (κ2) is 5.97. The second-order valence-corrected chi connectivity index (χ2v) is 2.91. The summed E-state index contributed by atoms with van der Waals surface area (Å²) >= 11 is 0. The van der Waals surface area contributed by atoms with Gasteiger partial charge >= 0.3 is 5.97 Å². The highest BCUT2D eigenvalue weighted by Crippen LogP contribution is 2.00. The summed E-state index contributed by atoms with van der Waals surface area (Å²) in [7, 11) is 0. The highest BCUT2D eigenvalue weighted by Gasteiger charge is 2.08. The minimum absolute atomic E-state index is 0.122. The summed E-state index contributed by atoms with van der Waals surface area (Å²) in [6.07, 6.45) is -0.532. The third kappa shape index (κ3) is 6.12. The fourth-order valence-corrected chi connectivity index (χ4v) is 0.698. The SMILES string of the molecule is CC(C)OC(=O)CCC(O)CO. The number of hydrogen-bond donors (Lipinski definition) is 2. The Kier molecular flexibility index (Phi) is 5.66. The maximum absolute atomic E-state index is 10.9. The minimum Gasteiger partial charge on any atom is -0.463 e. The van der Waals surface area contributed by atoms with Crippen molar-refractivity contribution in [1.29, 1.82) is 0 Å². The van der Waals surface area contributed by atoms with Crippen LogP contribution in [0.3, 0.4) is 0 Å². The summed E-state index contributed by atoms with van der Waals surface area (Å²) in [6, 6.07) is 0. The molecule has 1 unspecified atom stereocenters. The van der Waals surface area contributed by atoms with E-state index in [4.69, 9.17) is 14.9 Å². The van der Waals surface area contributed by atoms with E-state index in [2.05, 4.69) is 0 Å². The molecule has 1 atom stereocenters. The molecule has 0 aromatic carbocycles. The number of aliphatic hydroxyl groups excluding tert-OH is 2. The Balaban J connectivity index is 3.44. The molecule has 72 valence electrons. The molecule has 0 rings (SSSR count). The molecule has 0 saturated carbocycles. The molecule has 2 N–H and O–H groups in total. The molecule has 0 heterocycles. The van der Waals surface area contributed by atoms with Gasteiger partial charge < -0.3 is 14.9 Å². The van der Waals surface area contributed by atoms with Gasteiger partial charge in [0.1, 0.15) is 0 Å². The third-order valence-corrected chi connectivity index (χ3v) is 1.26. The number of aliphatic hydroxyl groups is 2. The standard InChI is InChI=1S/C8H16O4/c1-6(2)12-8(11)4-3-7(10)5-9/h6-7,9-10H,3-5H2,1-2H3. The second-order valence-electron chi connectivity index (χ2n) is 2.91. The van der Waals surface area contributed by atoms with Gasteiger partial charge in [0.25, 0.3) is 0 Å². The van der Waals surface area contributed by atoms with Gasteiger partial charge in [0, 0.05) is 6.42 Å². The maximum atomic E-state index is 10.9. The van der Waals surface area contributed by atoms with Crippen LogP contribution in [0, 0.1) is 0 Å². The molecule has 0 aromatic heterocycles. The molecular formula is C8H16O4. The summed E-state index contributed by atoms with van der Waals surface area (Å²) in [6.45, 7) is 3.22. The van der Waals surface area contributed by atoms with Gasteiger partial charge in [0.05, 0.1) is 18.8 Å². The van der Waals surface area contributed by atoms with E-state index >= 15 is 0 Å². The predicted octanol–water partition coefficient (Wildman–Crippen LogP) is 0.0714. The lowest BCUT2D eigenvalue weighted by atomic mass is 10.2. The van der Waals surface area contributed by atoms with E-state index in [1.54, 1.807) is 13.8 Å². The highest BCUT2D eigenvalue weighted by atomic mass is 16.5. The fraction of sp³-hybridized carbons (Fsp3) is 0.875. The van der Waals surface area contributed by atoms with Crippen LogP contribution in [0.4, 0.5) is 0 Å². The number of esters is 1. The number of hydrogen-bond acceptors (Lipinski definition) is 4. The maximum Gasteiger partial charge on any atom is 0.306 e. The van der Waals surface area contributed by atoms with Crippen molar-refractivity contribution in [3.63, 3.8) is 0 Å². The normalized spacial score (nSPS) is 13.1. The smallest absolute Gasteiger partial charge is 0.306 e. The summed E-state index contributed by atoms with van der Waals surface area (Å²) in [5.41, 5.74) is 0. The Morgan fingerprint density at radius 3 is 2.50 bits per heavy atom. The first-order valence-electron chi connectivity index (χ1n) is 4.04. The van der Waals surface area contributed by atoms with Crippen molar-refractivity contribution in [2.24, 2.45) is 0 Å². The zero-order chi connectivity index (χ0) is 9.56. The molecule has 0 spiro atoms. The van der Waals surface area contributed by atoms with Crippen molar-refractivity contribution in [3.05, 3.63) is 0 Å². The van der Waals surface area contributed by atoms with Gasteiger partial charge in [-0.1, -0.05) is 0 Å². The van der Waals surface area contributed by atoms with Gasteiger partial charge in [-0.2, -0.15) is 0 Å². The number of rotatable bonds is 5. The largest absolute Gasteiger partial charge is 0.463 e. The van der Waals surface area contributed by atoms with Gasteiger partial charge in [-0.05, 0) is 20.3 Å². The van der Waals surface area contributed by atoms with Gasteiger partial charge in [-0.15, -0.1) is 0 Å². The Bertz CT molecular complexity index is 133. The van der Waals surface area contributed by atoms with Crippen LogP contribution in [0.25, 0.3) is 0 Å². The van der Waals surface area contributed by atoms with Crippen LogP contribution < -0.4 is 0 Å². The molecule has 0 fully saturated rings. The zero-order valence-electron chi connectivity index (χ0n) is 7.49. The number of carbonyl (C=O) groups is 1. The average Bonchev–Trinajstić information content (AvgIpc) is 1.99. The van der Waals surface area contributed by atoms with Crippen LogP contribution in [-0.4, -0.2) is 35.0 Å². The van der Waals surface area contributed by atoms with Gasteiger partial charge in [0.2, 0.25) is 0 Å². The average molecular weight is 176 g/mol. The van der Waals surface area contributed by atoms with Crippen molar-refractivity contribution in [2.45, 2.75) is 38.9 Å². The van der Waals surface area contributed by atoms with E-state index in [1.165, 1.54) is 0 Å². The first-order valence-corrected chi connectivity index (χ1v) is 4.04. The van der Waals surface area contributed by atoms with Crippen molar-refractivity contribution in [3.8, 4) is 0 Å². The van der Waals surface area contributed by atoms with Gasteiger partial charge in [-0.25, -0.2) is 0 Å². The molecule has 0 aliphatic rings. The van der Waals surface area contributed by atoms with Gasteiger partial charge in [-0.3, -0.25) is 4.79 Å². The zero-order valence-corrected chi connectivity index (χ0v) is 7.49. The highest BCUT2D eigenvalue weighted by molar-refractivity contribution is 5.69. The van der Waals surface area contributed by atoms with E-state index in [9.17, 15) is 4.79 Å². The molecular weight excluding hydrogens is 160 g/mol. The van der Waals surface area contributed by atoms with E-state index in [0.717, 1.165) is 0 Å². The summed E-state index contributed by atoms with van der Waals surface area (Å²) in [5.74, 6) is -0.336. The third-order valence-electron chi connectivity index (χ3n) is 1.26. The molecule has 0 aliphatic heterocycles. The molecule has 0 aromatic rings. The fourth-order valence-electron chi connectivity index (χ4n) is 0.698.